The second kappa shape index (κ2) is 5.12. The number of carbonyl (C=O) groups is 2. The molecular formula is C14H24N2O3. The van der Waals surface area contributed by atoms with Gasteiger partial charge in [-0.3, -0.25) is 9.59 Å². The van der Waals surface area contributed by atoms with E-state index in [1.54, 1.807) is 4.90 Å². The summed E-state index contributed by atoms with van der Waals surface area (Å²) in [4.78, 5) is 25.4. The number of nitrogens with zero attached hydrogens (tertiary/aromatic N) is 1. The molecule has 0 radical (unpaired) electrons. The van der Waals surface area contributed by atoms with Crippen LogP contribution in [-0.4, -0.2) is 41.5 Å². The minimum atomic E-state index is -0.775. The molecule has 1 saturated carbocycles. The van der Waals surface area contributed by atoms with E-state index in [9.17, 15) is 14.7 Å². The molecule has 3 N–H and O–H groups in total. The lowest BCUT2D eigenvalue weighted by atomic mass is 9.66. The summed E-state index contributed by atoms with van der Waals surface area (Å²) < 4.78 is 0. The fourth-order valence-corrected chi connectivity index (χ4v) is 3.26. The number of hydrogen-bond donors (Lipinski definition) is 2. The number of rotatable bonds is 5. The van der Waals surface area contributed by atoms with E-state index in [1.165, 1.54) is 0 Å². The molecule has 1 heterocycles. The first-order valence-electron chi connectivity index (χ1n) is 7.18. The highest BCUT2D eigenvalue weighted by molar-refractivity contribution is 5.81. The summed E-state index contributed by atoms with van der Waals surface area (Å²) in [5.74, 6) is -0.691. The van der Waals surface area contributed by atoms with Crippen LogP contribution in [-0.2, 0) is 9.59 Å². The van der Waals surface area contributed by atoms with Gasteiger partial charge in [-0.25, -0.2) is 0 Å². The Morgan fingerprint density at radius 1 is 1.32 bits per heavy atom. The molecule has 1 atom stereocenters. The van der Waals surface area contributed by atoms with Gasteiger partial charge in [-0.2, -0.15) is 0 Å². The molecular weight excluding hydrogens is 244 g/mol. The average molecular weight is 268 g/mol. The summed E-state index contributed by atoms with van der Waals surface area (Å²) in [6, 6.07) is 0. The van der Waals surface area contributed by atoms with Crippen molar-refractivity contribution in [1.29, 1.82) is 0 Å². The second-order valence-electron chi connectivity index (χ2n) is 6.24. The van der Waals surface area contributed by atoms with Crippen LogP contribution in [0.3, 0.4) is 0 Å². The first-order chi connectivity index (χ1) is 8.97. The van der Waals surface area contributed by atoms with Crippen LogP contribution in [0.15, 0.2) is 0 Å². The van der Waals surface area contributed by atoms with E-state index in [0.29, 0.717) is 38.9 Å². The number of carboxylic acid groups (broad SMARTS) is 1. The quantitative estimate of drug-likeness (QED) is 0.785. The van der Waals surface area contributed by atoms with E-state index in [0.717, 1.165) is 19.3 Å². The van der Waals surface area contributed by atoms with E-state index in [-0.39, 0.29) is 11.3 Å². The molecule has 5 heteroatoms. The third-order valence-electron chi connectivity index (χ3n) is 5.21. The molecule has 1 saturated heterocycles. The lowest BCUT2D eigenvalue weighted by Gasteiger charge is -2.41. The minimum absolute atomic E-state index is 0.00221. The number of carbonyl (C=O) groups excluding carboxylic acids is 1. The van der Waals surface area contributed by atoms with Crippen molar-refractivity contribution in [3.05, 3.63) is 0 Å². The Kier molecular flexibility index (Phi) is 3.85. The number of likely N-dealkylation sites (tertiary alicyclic amines) is 1. The Balaban J connectivity index is 1.97. The average Bonchev–Trinajstić information content (AvgIpc) is 2.79. The van der Waals surface area contributed by atoms with Gasteiger partial charge in [-0.1, -0.05) is 13.3 Å². The molecule has 0 aromatic heterocycles. The molecule has 1 aliphatic heterocycles. The number of nitrogens with two attached hydrogens (primary N) is 1. The highest BCUT2D eigenvalue weighted by Gasteiger charge is 2.46. The molecule has 0 spiro atoms. The third-order valence-corrected chi connectivity index (χ3v) is 5.21. The number of hydrogen-bond acceptors (Lipinski definition) is 3. The maximum Gasteiger partial charge on any atom is 0.311 e. The monoisotopic (exact) mass is 268 g/mol. The lowest BCUT2D eigenvalue weighted by molar-refractivity contribution is -0.148. The largest absolute Gasteiger partial charge is 0.481 e. The van der Waals surface area contributed by atoms with Gasteiger partial charge in [0.25, 0.3) is 0 Å². The van der Waals surface area contributed by atoms with E-state index >= 15 is 0 Å². The summed E-state index contributed by atoms with van der Waals surface area (Å²) in [6.07, 6.45) is 4.84. The van der Waals surface area contributed by atoms with Crippen LogP contribution in [0.2, 0.25) is 0 Å². The Labute approximate surface area is 114 Å². The molecule has 1 amide bonds. The molecule has 1 unspecified atom stereocenters. The van der Waals surface area contributed by atoms with Gasteiger partial charge in [0.15, 0.2) is 0 Å². The SMILES string of the molecule is CCC1(C(=O)O)CCN(C(=O)CC2(CN)CCC2)C1. The molecule has 2 rings (SSSR count). The second-order valence-corrected chi connectivity index (χ2v) is 6.24. The minimum Gasteiger partial charge on any atom is -0.481 e. The Morgan fingerprint density at radius 2 is 2.00 bits per heavy atom. The molecule has 5 nitrogen and oxygen atoms in total. The zero-order chi connectivity index (χ0) is 14.1. The number of aliphatic carboxylic acids is 1. The lowest BCUT2D eigenvalue weighted by Crippen LogP contribution is -2.43. The zero-order valence-electron chi connectivity index (χ0n) is 11.7. The molecule has 2 fully saturated rings. The van der Waals surface area contributed by atoms with E-state index in [4.69, 9.17) is 5.73 Å². The van der Waals surface area contributed by atoms with Gasteiger partial charge in [-0.15, -0.1) is 0 Å². The van der Waals surface area contributed by atoms with Crippen LogP contribution in [0.25, 0.3) is 0 Å². The molecule has 0 bridgehead atoms. The smallest absolute Gasteiger partial charge is 0.311 e. The molecule has 1 aliphatic carbocycles. The normalized spacial score (nSPS) is 29.1. The van der Waals surface area contributed by atoms with E-state index in [2.05, 4.69) is 0 Å². The van der Waals surface area contributed by atoms with Gasteiger partial charge in [0.05, 0.1) is 5.41 Å². The van der Waals surface area contributed by atoms with E-state index in [1.807, 2.05) is 6.92 Å². The van der Waals surface area contributed by atoms with Crippen molar-refractivity contribution in [2.75, 3.05) is 19.6 Å². The van der Waals surface area contributed by atoms with Gasteiger partial charge >= 0.3 is 5.97 Å². The van der Waals surface area contributed by atoms with E-state index < -0.39 is 11.4 Å². The van der Waals surface area contributed by atoms with Crippen molar-refractivity contribution in [3.63, 3.8) is 0 Å². The van der Waals surface area contributed by atoms with Crippen molar-refractivity contribution < 1.29 is 14.7 Å². The maximum absolute atomic E-state index is 12.3. The van der Waals surface area contributed by atoms with Crippen molar-refractivity contribution in [2.24, 2.45) is 16.6 Å². The van der Waals surface area contributed by atoms with Gasteiger partial charge in [0, 0.05) is 19.5 Å². The van der Waals surface area contributed by atoms with Crippen LogP contribution >= 0.6 is 0 Å². The van der Waals surface area contributed by atoms with Gasteiger partial charge < -0.3 is 15.7 Å². The summed E-state index contributed by atoms with van der Waals surface area (Å²) in [7, 11) is 0. The highest BCUT2D eigenvalue weighted by atomic mass is 16.4. The van der Waals surface area contributed by atoms with Crippen molar-refractivity contribution in [2.45, 2.75) is 45.4 Å². The zero-order valence-corrected chi connectivity index (χ0v) is 11.7. The predicted molar refractivity (Wildman–Crippen MR) is 71.5 cm³/mol. The summed E-state index contributed by atoms with van der Waals surface area (Å²) in [6.45, 7) is 3.37. The number of amides is 1. The molecule has 2 aliphatic rings. The summed E-state index contributed by atoms with van der Waals surface area (Å²) in [5, 5.41) is 9.34. The third kappa shape index (κ3) is 2.48. The maximum atomic E-state index is 12.3. The fourth-order valence-electron chi connectivity index (χ4n) is 3.26. The van der Waals surface area contributed by atoms with Crippen molar-refractivity contribution >= 4 is 11.9 Å². The molecule has 19 heavy (non-hydrogen) atoms. The summed E-state index contributed by atoms with van der Waals surface area (Å²) >= 11 is 0. The van der Waals surface area contributed by atoms with Crippen LogP contribution in [0, 0.1) is 10.8 Å². The Hall–Kier alpha value is -1.10. The molecule has 0 aromatic carbocycles. The van der Waals surface area contributed by atoms with Crippen LogP contribution in [0.5, 0.6) is 0 Å². The molecule has 0 aromatic rings. The summed E-state index contributed by atoms with van der Waals surface area (Å²) in [5.41, 5.74) is 5.05. The fraction of sp³-hybridized carbons (Fsp3) is 0.857. The van der Waals surface area contributed by atoms with Crippen molar-refractivity contribution in [1.82, 2.24) is 4.90 Å². The highest BCUT2D eigenvalue weighted by Crippen LogP contribution is 2.44. The topological polar surface area (TPSA) is 83.6 Å². The first-order valence-corrected chi connectivity index (χ1v) is 7.18. The molecule has 108 valence electrons. The van der Waals surface area contributed by atoms with Gasteiger partial charge in [0.1, 0.15) is 0 Å². The first kappa shape index (κ1) is 14.3. The number of carboxylic acids is 1. The van der Waals surface area contributed by atoms with Crippen LogP contribution in [0.4, 0.5) is 0 Å². The predicted octanol–water partition coefficient (Wildman–Crippen LogP) is 1.22. The van der Waals surface area contributed by atoms with Crippen molar-refractivity contribution in [3.8, 4) is 0 Å². The Morgan fingerprint density at radius 3 is 2.37 bits per heavy atom. The van der Waals surface area contributed by atoms with Gasteiger partial charge in [-0.05, 0) is 37.6 Å². The Bertz CT molecular complexity index is 373. The van der Waals surface area contributed by atoms with Crippen LogP contribution in [0.1, 0.15) is 45.4 Å². The van der Waals surface area contributed by atoms with Crippen LogP contribution < -0.4 is 5.73 Å². The van der Waals surface area contributed by atoms with Gasteiger partial charge in [0.2, 0.25) is 5.91 Å². The standard InChI is InChI=1S/C14H24N2O3/c1-2-14(12(18)19)6-7-16(10-14)11(17)8-13(9-15)4-3-5-13/h2-10,15H2,1H3,(H,18,19).